The number of hydrogen-bond acceptors (Lipinski definition) is 4. The Balaban J connectivity index is 1.78. The number of hydrogen-bond donors (Lipinski definition) is 0. The van der Waals surface area contributed by atoms with Gasteiger partial charge < -0.3 is 9.64 Å². The van der Waals surface area contributed by atoms with E-state index in [1.807, 2.05) is 44.2 Å². The van der Waals surface area contributed by atoms with Gasteiger partial charge in [-0.1, -0.05) is 18.2 Å². The lowest BCUT2D eigenvalue weighted by molar-refractivity contribution is -0.113. The molecule has 1 fully saturated rings. The molecule has 0 saturated carbocycles. The van der Waals surface area contributed by atoms with Crippen LogP contribution in [0.4, 0.5) is 0 Å². The Hall–Kier alpha value is -1.75. The number of thioether (sulfide) groups is 1. The molecular weight excluding hydrogens is 308 g/mol. The second kappa shape index (κ2) is 7.21. The second-order valence-corrected chi connectivity index (χ2v) is 7.07. The predicted octanol–water partition coefficient (Wildman–Crippen LogP) is 3.93. The summed E-state index contributed by atoms with van der Waals surface area (Å²) in [6.07, 6.45) is 5.62. The molecule has 0 aliphatic carbocycles. The van der Waals surface area contributed by atoms with Crippen LogP contribution in [0.2, 0.25) is 0 Å². The van der Waals surface area contributed by atoms with Crippen LogP contribution >= 0.6 is 11.8 Å². The van der Waals surface area contributed by atoms with E-state index >= 15 is 0 Å². The summed E-state index contributed by atoms with van der Waals surface area (Å²) >= 11 is 1.48. The van der Waals surface area contributed by atoms with E-state index in [1.54, 1.807) is 0 Å². The molecule has 1 aromatic carbocycles. The minimum absolute atomic E-state index is 0.0987. The van der Waals surface area contributed by atoms with Crippen molar-refractivity contribution in [2.75, 3.05) is 13.1 Å². The number of piperidine rings is 1. The van der Waals surface area contributed by atoms with Crippen molar-refractivity contribution in [3.63, 3.8) is 0 Å². The minimum atomic E-state index is -0.144. The number of amidine groups is 1. The van der Waals surface area contributed by atoms with Gasteiger partial charge >= 0.3 is 0 Å². The van der Waals surface area contributed by atoms with E-state index in [4.69, 9.17) is 4.74 Å². The molecule has 0 radical (unpaired) electrons. The molecule has 0 bridgehead atoms. The lowest BCUT2D eigenvalue weighted by Gasteiger charge is -2.27. The highest BCUT2D eigenvalue weighted by Gasteiger charge is 2.27. The Morgan fingerprint density at radius 1 is 1.22 bits per heavy atom. The molecule has 1 aromatic rings. The van der Waals surface area contributed by atoms with Crippen molar-refractivity contribution in [3.8, 4) is 5.75 Å². The van der Waals surface area contributed by atoms with Crippen LogP contribution in [0.1, 0.15) is 38.7 Å². The average Bonchev–Trinajstić information content (AvgIpc) is 2.91. The smallest absolute Gasteiger partial charge is 0.286 e. The van der Waals surface area contributed by atoms with Crippen molar-refractivity contribution < 1.29 is 9.53 Å². The SMILES string of the molecule is CC(C)Oc1ccccc1/C=C1/SC(N2CCCCC2)=NC1=O. The lowest BCUT2D eigenvalue weighted by atomic mass is 10.1. The van der Waals surface area contributed by atoms with Crippen LogP contribution in [0.5, 0.6) is 5.75 Å². The fraction of sp³-hybridized carbons (Fsp3) is 0.444. The quantitative estimate of drug-likeness (QED) is 0.788. The van der Waals surface area contributed by atoms with Gasteiger partial charge in [0.25, 0.3) is 5.91 Å². The van der Waals surface area contributed by atoms with Gasteiger partial charge in [0.1, 0.15) is 5.75 Å². The highest BCUT2D eigenvalue weighted by molar-refractivity contribution is 8.18. The molecule has 4 nitrogen and oxygen atoms in total. The molecule has 0 atom stereocenters. The van der Waals surface area contributed by atoms with Crippen LogP contribution in [0.3, 0.4) is 0 Å². The summed E-state index contributed by atoms with van der Waals surface area (Å²) in [6.45, 7) is 5.99. The first kappa shape index (κ1) is 16.1. The van der Waals surface area contributed by atoms with Crippen molar-refractivity contribution in [2.24, 2.45) is 4.99 Å². The van der Waals surface area contributed by atoms with Crippen LogP contribution in [0, 0.1) is 0 Å². The van der Waals surface area contributed by atoms with Gasteiger partial charge in [-0.15, -0.1) is 0 Å². The lowest BCUT2D eigenvalue weighted by Crippen LogP contribution is -2.33. The summed E-state index contributed by atoms with van der Waals surface area (Å²) < 4.78 is 5.82. The number of rotatable bonds is 3. The molecule has 5 heteroatoms. The topological polar surface area (TPSA) is 41.9 Å². The van der Waals surface area contributed by atoms with E-state index in [0.29, 0.717) is 4.91 Å². The highest BCUT2D eigenvalue weighted by Crippen LogP contribution is 2.33. The standard InChI is InChI=1S/C18H22N2O2S/c1-13(2)22-15-9-5-4-8-14(15)12-16-17(21)19-18(23-16)20-10-6-3-7-11-20/h4-5,8-9,12-13H,3,6-7,10-11H2,1-2H3/b16-12+. The van der Waals surface area contributed by atoms with E-state index in [9.17, 15) is 4.79 Å². The average molecular weight is 330 g/mol. The van der Waals surface area contributed by atoms with Gasteiger partial charge in [0, 0.05) is 18.7 Å². The van der Waals surface area contributed by atoms with E-state index in [-0.39, 0.29) is 12.0 Å². The van der Waals surface area contributed by atoms with Crippen molar-refractivity contribution in [2.45, 2.75) is 39.2 Å². The number of carbonyl (C=O) groups excluding carboxylic acids is 1. The Labute approximate surface area is 141 Å². The third-order valence-electron chi connectivity index (χ3n) is 3.80. The fourth-order valence-corrected chi connectivity index (χ4v) is 3.68. The van der Waals surface area contributed by atoms with Crippen molar-refractivity contribution in [1.29, 1.82) is 0 Å². The van der Waals surface area contributed by atoms with Gasteiger partial charge in [0.15, 0.2) is 5.17 Å². The molecule has 1 amide bonds. The van der Waals surface area contributed by atoms with Crippen LogP contribution in [-0.2, 0) is 4.79 Å². The number of para-hydroxylation sites is 1. The third kappa shape index (κ3) is 3.96. The summed E-state index contributed by atoms with van der Waals surface area (Å²) in [5.41, 5.74) is 0.923. The molecule has 3 rings (SSSR count). The summed E-state index contributed by atoms with van der Waals surface area (Å²) in [4.78, 5) is 19.4. The number of carbonyl (C=O) groups is 1. The number of nitrogens with zero attached hydrogens (tertiary/aromatic N) is 2. The summed E-state index contributed by atoms with van der Waals surface area (Å²) in [5, 5.41) is 0.850. The normalized spacial score (nSPS) is 20.3. The Morgan fingerprint density at radius 3 is 2.70 bits per heavy atom. The van der Waals surface area contributed by atoms with Gasteiger partial charge in [-0.05, 0) is 57.0 Å². The maximum atomic E-state index is 12.2. The van der Waals surface area contributed by atoms with E-state index < -0.39 is 0 Å². The monoisotopic (exact) mass is 330 g/mol. The zero-order valence-electron chi connectivity index (χ0n) is 13.6. The van der Waals surface area contributed by atoms with Crippen LogP contribution in [-0.4, -0.2) is 35.2 Å². The summed E-state index contributed by atoms with van der Waals surface area (Å²) in [6, 6.07) is 7.80. The Kier molecular flexibility index (Phi) is 5.06. The molecule has 2 aliphatic rings. The Morgan fingerprint density at radius 2 is 1.96 bits per heavy atom. The Bertz CT molecular complexity index is 646. The number of benzene rings is 1. The van der Waals surface area contributed by atoms with E-state index in [1.165, 1.54) is 31.0 Å². The second-order valence-electron chi connectivity index (χ2n) is 6.06. The fourth-order valence-electron chi connectivity index (χ4n) is 2.72. The number of aliphatic imine (C=N–C) groups is 1. The van der Waals surface area contributed by atoms with Crippen LogP contribution < -0.4 is 4.74 Å². The molecular formula is C18H22N2O2S. The third-order valence-corrected chi connectivity index (χ3v) is 4.85. The van der Waals surface area contributed by atoms with Gasteiger partial charge in [-0.25, -0.2) is 0 Å². The number of likely N-dealkylation sites (tertiary alicyclic amines) is 1. The first-order valence-corrected chi connectivity index (χ1v) is 8.98. The number of amides is 1. The molecule has 23 heavy (non-hydrogen) atoms. The largest absolute Gasteiger partial charge is 0.490 e. The van der Waals surface area contributed by atoms with Crippen molar-refractivity contribution >= 4 is 28.9 Å². The van der Waals surface area contributed by atoms with Crippen molar-refractivity contribution in [3.05, 3.63) is 34.7 Å². The zero-order valence-corrected chi connectivity index (χ0v) is 14.4. The van der Waals surface area contributed by atoms with Gasteiger partial charge in [-0.2, -0.15) is 4.99 Å². The van der Waals surface area contributed by atoms with Crippen molar-refractivity contribution in [1.82, 2.24) is 4.90 Å². The summed E-state index contributed by atoms with van der Waals surface area (Å²) in [5.74, 6) is 0.657. The van der Waals surface area contributed by atoms with E-state index in [0.717, 1.165) is 29.6 Å². The predicted molar refractivity (Wildman–Crippen MR) is 95.6 cm³/mol. The molecule has 0 aromatic heterocycles. The van der Waals surface area contributed by atoms with Gasteiger partial charge in [0.2, 0.25) is 0 Å². The molecule has 0 N–H and O–H groups in total. The molecule has 0 spiro atoms. The maximum Gasteiger partial charge on any atom is 0.286 e. The minimum Gasteiger partial charge on any atom is -0.490 e. The molecule has 1 saturated heterocycles. The zero-order chi connectivity index (χ0) is 16.2. The molecule has 2 aliphatic heterocycles. The molecule has 122 valence electrons. The first-order chi connectivity index (χ1) is 11.1. The van der Waals surface area contributed by atoms with Gasteiger partial charge in [-0.3, -0.25) is 4.79 Å². The maximum absolute atomic E-state index is 12.2. The molecule has 0 unspecified atom stereocenters. The van der Waals surface area contributed by atoms with Gasteiger partial charge in [0.05, 0.1) is 11.0 Å². The summed E-state index contributed by atoms with van der Waals surface area (Å²) in [7, 11) is 0. The van der Waals surface area contributed by atoms with Crippen LogP contribution in [0.15, 0.2) is 34.2 Å². The number of ether oxygens (including phenoxy) is 1. The van der Waals surface area contributed by atoms with E-state index in [2.05, 4.69) is 9.89 Å². The van der Waals surface area contributed by atoms with Crippen LogP contribution in [0.25, 0.3) is 6.08 Å². The molecule has 2 heterocycles. The first-order valence-electron chi connectivity index (χ1n) is 8.16. The highest BCUT2D eigenvalue weighted by atomic mass is 32.2.